The van der Waals surface area contributed by atoms with Gasteiger partial charge in [-0.3, -0.25) is 0 Å². The lowest BCUT2D eigenvalue weighted by Crippen LogP contribution is -2.24. The summed E-state index contributed by atoms with van der Waals surface area (Å²) in [7, 11) is 3.15. The highest BCUT2D eigenvalue weighted by Crippen LogP contribution is 2.20. The Kier molecular flexibility index (Phi) is 5.19. The van der Waals surface area contributed by atoms with Crippen LogP contribution in [0.4, 0.5) is 10.2 Å². The van der Waals surface area contributed by atoms with Crippen molar-refractivity contribution >= 4 is 5.82 Å². The Labute approximate surface area is 123 Å². The lowest BCUT2D eigenvalue weighted by atomic mass is 10.1. The molecule has 0 radical (unpaired) electrons. The predicted molar refractivity (Wildman–Crippen MR) is 78.5 cm³/mol. The van der Waals surface area contributed by atoms with Gasteiger partial charge in [-0.05, 0) is 31.2 Å². The molecule has 112 valence electrons. The Hall–Kier alpha value is -2.05. The zero-order valence-electron chi connectivity index (χ0n) is 12.3. The molecule has 0 saturated carbocycles. The molecule has 0 spiro atoms. The van der Waals surface area contributed by atoms with Crippen LogP contribution in [0, 0.1) is 12.7 Å². The van der Waals surface area contributed by atoms with Crippen LogP contribution in [0.15, 0.2) is 30.3 Å². The van der Waals surface area contributed by atoms with E-state index in [1.807, 2.05) is 13.0 Å². The molecule has 0 bridgehead atoms. The van der Waals surface area contributed by atoms with Gasteiger partial charge in [-0.25, -0.2) is 14.4 Å². The van der Waals surface area contributed by atoms with E-state index < -0.39 is 0 Å². The van der Waals surface area contributed by atoms with Gasteiger partial charge in [0.2, 0.25) is 0 Å². The van der Waals surface area contributed by atoms with Gasteiger partial charge in [0.05, 0.1) is 12.2 Å². The number of halogens is 1. The minimum Gasteiger partial charge on any atom is -0.365 e. The molecule has 5 nitrogen and oxygen atoms in total. The van der Waals surface area contributed by atoms with E-state index in [4.69, 9.17) is 9.47 Å². The monoisotopic (exact) mass is 291 g/mol. The van der Waals surface area contributed by atoms with Crippen molar-refractivity contribution in [1.82, 2.24) is 9.97 Å². The molecule has 0 aliphatic rings. The van der Waals surface area contributed by atoms with Gasteiger partial charge in [0, 0.05) is 25.8 Å². The van der Waals surface area contributed by atoms with Crippen LogP contribution in [-0.2, 0) is 9.47 Å². The minimum absolute atomic E-state index is 0.272. The van der Waals surface area contributed by atoms with Crippen molar-refractivity contribution in [2.24, 2.45) is 0 Å². The fraction of sp³-hybridized carbons (Fsp3) is 0.333. The lowest BCUT2D eigenvalue weighted by Gasteiger charge is -2.15. The summed E-state index contributed by atoms with van der Waals surface area (Å²) in [5.74, 6) is 1.03. The molecule has 2 aromatic rings. The number of aryl methyl sites for hydroxylation is 1. The average molecular weight is 291 g/mol. The molecule has 0 unspecified atom stereocenters. The summed E-state index contributed by atoms with van der Waals surface area (Å²) in [4.78, 5) is 8.68. The Bertz CT molecular complexity index is 586. The van der Waals surface area contributed by atoms with Gasteiger partial charge in [0.15, 0.2) is 6.29 Å². The summed E-state index contributed by atoms with van der Waals surface area (Å²) in [5, 5.41) is 3.13. The highest BCUT2D eigenvalue weighted by Gasteiger charge is 2.08. The molecule has 0 saturated heterocycles. The lowest BCUT2D eigenvalue weighted by molar-refractivity contribution is -0.0914. The Balaban J connectivity index is 2.19. The largest absolute Gasteiger partial charge is 0.365 e. The number of hydrogen-bond donors (Lipinski definition) is 1. The van der Waals surface area contributed by atoms with E-state index in [1.54, 1.807) is 26.4 Å². The van der Waals surface area contributed by atoms with Crippen LogP contribution >= 0.6 is 0 Å². The third-order valence-electron chi connectivity index (χ3n) is 2.95. The van der Waals surface area contributed by atoms with Crippen LogP contribution in [-0.4, -0.2) is 37.0 Å². The molecule has 1 N–H and O–H groups in total. The van der Waals surface area contributed by atoms with E-state index in [0.29, 0.717) is 18.2 Å². The number of aromatic nitrogens is 2. The topological polar surface area (TPSA) is 56.3 Å². The van der Waals surface area contributed by atoms with E-state index in [-0.39, 0.29) is 12.1 Å². The van der Waals surface area contributed by atoms with Crippen LogP contribution < -0.4 is 5.32 Å². The molecule has 1 aromatic heterocycles. The van der Waals surface area contributed by atoms with Crippen molar-refractivity contribution in [2.75, 3.05) is 26.1 Å². The standard InChI is InChI=1S/C15H18FN3O2/c1-10-18-13(11-4-6-12(16)7-5-11)8-14(19-10)17-9-15(20-2)21-3/h4-8,15H,9H2,1-3H3,(H,17,18,19). The number of methoxy groups -OCH3 is 2. The number of rotatable bonds is 6. The van der Waals surface area contributed by atoms with Crippen LogP contribution in [0.2, 0.25) is 0 Å². The third kappa shape index (κ3) is 4.21. The fourth-order valence-electron chi connectivity index (χ4n) is 1.88. The minimum atomic E-state index is -0.352. The quantitative estimate of drug-likeness (QED) is 0.829. The van der Waals surface area contributed by atoms with Crippen molar-refractivity contribution in [1.29, 1.82) is 0 Å². The van der Waals surface area contributed by atoms with Crippen LogP contribution in [0.5, 0.6) is 0 Å². The predicted octanol–water partition coefficient (Wildman–Crippen LogP) is 2.62. The number of anilines is 1. The number of nitrogens with one attached hydrogen (secondary N) is 1. The zero-order chi connectivity index (χ0) is 15.2. The Morgan fingerprint density at radius 3 is 2.43 bits per heavy atom. The average Bonchev–Trinajstić information content (AvgIpc) is 2.48. The normalized spacial score (nSPS) is 10.9. The summed E-state index contributed by atoms with van der Waals surface area (Å²) in [6.45, 7) is 2.27. The summed E-state index contributed by atoms with van der Waals surface area (Å²) in [5.41, 5.74) is 1.57. The van der Waals surface area contributed by atoms with Crippen LogP contribution in [0.3, 0.4) is 0 Å². The summed E-state index contributed by atoms with van der Waals surface area (Å²) in [6, 6.07) is 8.00. The molecule has 1 heterocycles. The summed E-state index contributed by atoms with van der Waals surface area (Å²) >= 11 is 0. The number of hydrogen-bond acceptors (Lipinski definition) is 5. The maximum absolute atomic E-state index is 13.0. The molecule has 21 heavy (non-hydrogen) atoms. The van der Waals surface area contributed by atoms with Gasteiger partial charge in [-0.2, -0.15) is 0 Å². The van der Waals surface area contributed by atoms with Crippen molar-refractivity contribution in [3.63, 3.8) is 0 Å². The molecule has 0 atom stereocenters. The smallest absolute Gasteiger partial charge is 0.173 e. The van der Waals surface area contributed by atoms with Gasteiger partial charge < -0.3 is 14.8 Å². The van der Waals surface area contributed by atoms with Crippen LogP contribution in [0.1, 0.15) is 5.82 Å². The van der Waals surface area contributed by atoms with Crippen molar-refractivity contribution in [3.05, 3.63) is 42.0 Å². The van der Waals surface area contributed by atoms with Gasteiger partial charge in [-0.15, -0.1) is 0 Å². The number of ether oxygens (including phenoxy) is 2. The number of benzene rings is 1. The highest BCUT2D eigenvalue weighted by molar-refractivity contribution is 5.62. The molecule has 0 fully saturated rings. The molecule has 6 heteroatoms. The first kappa shape index (κ1) is 15.3. The highest BCUT2D eigenvalue weighted by atomic mass is 19.1. The van der Waals surface area contributed by atoms with Gasteiger partial charge in [0.1, 0.15) is 17.5 Å². The van der Waals surface area contributed by atoms with E-state index in [2.05, 4.69) is 15.3 Å². The molecule has 1 aromatic carbocycles. The molecule has 2 rings (SSSR count). The summed E-state index contributed by atoms with van der Waals surface area (Å²) in [6.07, 6.45) is -0.352. The van der Waals surface area contributed by atoms with E-state index >= 15 is 0 Å². The van der Waals surface area contributed by atoms with Gasteiger partial charge in [-0.1, -0.05) is 0 Å². The first-order valence-electron chi connectivity index (χ1n) is 6.53. The van der Waals surface area contributed by atoms with Gasteiger partial charge >= 0.3 is 0 Å². The first-order chi connectivity index (χ1) is 10.1. The molecule has 0 aliphatic carbocycles. The second kappa shape index (κ2) is 7.10. The fourth-order valence-corrected chi connectivity index (χ4v) is 1.88. The molecular formula is C15H18FN3O2. The Morgan fingerprint density at radius 1 is 1.14 bits per heavy atom. The van der Waals surface area contributed by atoms with Crippen molar-refractivity contribution in [3.8, 4) is 11.3 Å². The third-order valence-corrected chi connectivity index (χ3v) is 2.95. The first-order valence-corrected chi connectivity index (χ1v) is 6.53. The Morgan fingerprint density at radius 2 is 1.81 bits per heavy atom. The maximum Gasteiger partial charge on any atom is 0.173 e. The SMILES string of the molecule is COC(CNc1cc(-c2ccc(F)cc2)nc(C)n1)OC. The second-order valence-electron chi connectivity index (χ2n) is 4.47. The molecular weight excluding hydrogens is 273 g/mol. The summed E-state index contributed by atoms with van der Waals surface area (Å²) < 4.78 is 23.2. The zero-order valence-corrected chi connectivity index (χ0v) is 12.3. The van der Waals surface area contributed by atoms with Crippen molar-refractivity contribution < 1.29 is 13.9 Å². The maximum atomic E-state index is 13.0. The second-order valence-corrected chi connectivity index (χ2v) is 4.47. The molecule has 0 amide bonds. The van der Waals surface area contributed by atoms with E-state index in [9.17, 15) is 4.39 Å². The van der Waals surface area contributed by atoms with E-state index in [0.717, 1.165) is 11.3 Å². The molecule has 0 aliphatic heterocycles. The van der Waals surface area contributed by atoms with Crippen molar-refractivity contribution in [2.45, 2.75) is 13.2 Å². The number of nitrogens with zero attached hydrogens (tertiary/aromatic N) is 2. The van der Waals surface area contributed by atoms with Gasteiger partial charge in [0.25, 0.3) is 0 Å². The van der Waals surface area contributed by atoms with Crippen LogP contribution in [0.25, 0.3) is 11.3 Å². The van der Waals surface area contributed by atoms with E-state index in [1.165, 1.54) is 12.1 Å².